The Hall–Kier alpha value is -0.910. The van der Waals surface area contributed by atoms with Crippen LogP contribution in [0, 0.1) is 0 Å². The summed E-state index contributed by atoms with van der Waals surface area (Å²) in [6, 6.07) is 3.45. The van der Waals surface area contributed by atoms with Gasteiger partial charge in [-0.15, -0.1) is 11.3 Å². The van der Waals surface area contributed by atoms with Crippen LogP contribution in [0.3, 0.4) is 0 Å². The van der Waals surface area contributed by atoms with E-state index in [4.69, 9.17) is 0 Å². The van der Waals surface area contributed by atoms with Gasteiger partial charge in [0, 0.05) is 49.0 Å². The summed E-state index contributed by atoms with van der Waals surface area (Å²) in [6.45, 7) is 4.89. The number of nitrogens with zero attached hydrogens (tertiary/aromatic N) is 2. The Morgan fingerprint density at radius 2 is 2.13 bits per heavy atom. The summed E-state index contributed by atoms with van der Waals surface area (Å²) < 4.78 is 0. The molecule has 0 bridgehead atoms. The second-order valence-corrected chi connectivity index (χ2v) is 8.35. The molecule has 5 heteroatoms. The van der Waals surface area contributed by atoms with Crippen molar-refractivity contribution < 1.29 is 4.79 Å². The molecular weight excluding hydrogens is 306 g/mol. The molecule has 0 saturated carbocycles. The van der Waals surface area contributed by atoms with Gasteiger partial charge in [-0.1, -0.05) is 0 Å². The summed E-state index contributed by atoms with van der Waals surface area (Å²) in [4.78, 5) is 18.9. The van der Waals surface area contributed by atoms with Crippen LogP contribution in [-0.2, 0) is 17.6 Å². The predicted molar refractivity (Wildman–Crippen MR) is 96.1 cm³/mol. The highest BCUT2D eigenvalue weighted by molar-refractivity contribution is 7.12. The van der Waals surface area contributed by atoms with Gasteiger partial charge in [0.1, 0.15) is 0 Å². The van der Waals surface area contributed by atoms with Gasteiger partial charge >= 0.3 is 0 Å². The number of hydrogen-bond donors (Lipinski definition) is 1. The third-order valence-electron chi connectivity index (χ3n) is 5.12. The topological polar surface area (TPSA) is 35.6 Å². The lowest BCUT2D eigenvalue weighted by molar-refractivity contribution is -0.130. The molecule has 1 aromatic rings. The van der Waals surface area contributed by atoms with Crippen LogP contribution in [-0.4, -0.2) is 55.5 Å². The van der Waals surface area contributed by atoms with Crippen LogP contribution in [0.5, 0.6) is 0 Å². The van der Waals surface area contributed by atoms with Gasteiger partial charge in [0.2, 0.25) is 5.91 Å². The Morgan fingerprint density at radius 3 is 2.78 bits per heavy atom. The van der Waals surface area contributed by atoms with Gasteiger partial charge in [-0.05, 0) is 50.7 Å². The Morgan fingerprint density at radius 1 is 1.39 bits per heavy atom. The van der Waals surface area contributed by atoms with Crippen LogP contribution in [0.2, 0.25) is 0 Å². The number of rotatable bonds is 5. The molecule has 1 aliphatic carbocycles. The second-order valence-electron chi connectivity index (χ2n) is 7.18. The van der Waals surface area contributed by atoms with Crippen LogP contribution >= 0.6 is 11.3 Å². The molecule has 1 fully saturated rings. The maximum Gasteiger partial charge on any atom is 0.236 e. The zero-order chi connectivity index (χ0) is 16.4. The van der Waals surface area contributed by atoms with Crippen molar-refractivity contribution in [3.05, 3.63) is 21.4 Å². The minimum Gasteiger partial charge on any atom is -0.348 e. The first kappa shape index (κ1) is 16.9. The fraction of sp³-hybridized carbons (Fsp3) is 0.722. The Bertz CT molecular complexity index is 525. The average molecular weight is 336 g/mol. The van der Waals surface area contributed by atoms with Gasteiger partial charge in [0.25, 0.3) is 0 Å². The Labute approximate surface area is 143 Å². The molecular formula is C18H29N3OS. The zero-order valence-corrected chi connectivity index (χ0v) is 15.4. The third kappa shape index (κ3) is 4.14. The highest BCUT2D eigenvalue weighted by Gasteiger charge is 2.24. The van der Waals surface area contributed by atoms with Gasteiger partial charge in [-0.3, -0.25) is 9.69 Å². The van der Waals surface area contributed by atoms with Crippen molar-refractivity contribution in [2.45, 2.75) is 51.1 Å². The molecule has 0 unspecified atom stereocenters. The van der Waals surface area contributed by atoms with E-state index in [1.807, 2.05) is 25.4 Å². The number of nitrogens with one attached hydrogen (secondary N) is 1. The fourth-order valence-corrected chi connectivity index (χ4v) is 4.86. The van der Waals surface area contributed by atoms with Crippen molar-refractivity contribution in [1.82, 2.24) is 15.1 Å². The Balaban J connectivity index is 1.45. The van der Waals surface area contributed by atoms with Crippen LogP contribution < -0.4 is 5.32 Å². The molecule has 1 amide bonds. The minimum atomic E-state index is 0.206. The number of carbonyl (C=O) groups is 1. The number of likely N-dealkylation sites (tertiary alicyclic amines) is 1. The van der Waals surface area contributed by atoms with Crippen molar-refractivity contribution in [3.63, 3.8) is 0 Å². The van der Waals surface area contributed by atoms with Gasteiger partial charge in [0.05, 0.1) is 6.54 Å². The summed E-state index contributed by atoms with van der Waals surface area (Å²) >= 11 is 2.01. The van der Waals surface area contributed by atoms with E-state index in [-0.39, 0.29) is 5.91 Å². The number of thiophene rings is 1. The van der Waals surface area contributed by atoms with Crippen molar-refractivity contribution in [3.8, 4) is 0 Å². The van der Waals surface area contributed by atoms with E-state index in [1.54, 1.807) is 15.3 Å². The van der Waals surface area contributed by atoms with Gasteiger partial charge in [-0.25, -0.2) is 0 Å². The molecule has 2 heterocycles. The van der Waals surface area contributed by atoms with Crippen LogP contribution in [0.4, 0.5) is 0 Å². The number of likely N-dealkylation sites (N-methyl/N-ethyl adjacent to an activating group) is 1. The van der Waals surface area contributed by atoms with E-state index in [0.717, 1.165) is 25.9 Å². The Kier molecular flexibility index (Phi) is 5.39. The molecule has 1 aliphatic heterocycles. The smallest absolute Gasteiger partial charge is 0.236 e. The van der Waals surface area contributed by atoms with Crippen LogP contribution in [0.1, 0.15) is 47.5 Å². The molecule has 1 atom stereocenters. The zero-order valence-electron chi connectivity index (χ0n) is 14.6. The summed E-state index contributed by atoms with van der Waals surface area (Å²) in [5, 5.41) is 3.81. The van der Waals surface area contributed by atoms with Crippen molar-refractivity contribution in [1.29, 1.82) is 0 Å². The molecule has 128 valence electrons. The van der Waals surface area contributed by atoms with Gasteiger partial charge in [-0.2, -0.15) is 0 Å². The quantitative estimate of drug-likeness (QED) is 0.898. The van der Waals surface area contributed by atoms with E-state index in [9.17, 15) is 4.79 Å². The van der Waals surface area contributed by atoms with Crippen molar-refractivity contribution in [2.24, 2.45) is 0 Å². The normalized spacial score (nSPS) is 20.5. The molecule has 0 spiro atoms. The minimum absolute atomic E-state index is 0.206. The number of fused-ring (bicyclic) bond motifs is 1. The first-order valence-electron chi connectivity index (χ1n) is 8.83. The third-order valence-corrected chi connectivity index (χ3v) is 6.54. The number of hydrogen-bond acceptors (Lipinski definition) is 4. The van der Waals surface area contributed by atoms with E-state index in [1.165, 1.54) is 24.1 Å². The first-order chi connectivity index (χ1) is 11.0. The molecule has 2 aliphatic rings. The number of carbonyl (C=O) groups excluding carboxylic acids is 1. The summed E-state index contributed by atoms with van der Waals surface area (Å²) in [5.41, 5.74) is 1.59. The summed E-state index contributed by atoms with van der Waals surface area (Å²) in [5.74, 6) is 0.206. The largest absolute Gasteiger partial charge is 0.348 e. The van der Waals surface area contributed by atoms with E-state index in [0.29, 0.717) is 18.6 Å². The van der Waals surface area contributed by atoms with Gasteiger partial charge < -0.3 is 10.2 Å². The molecule has 1 saturated heterocycles. The monoisotopic (exact) mass is 335 g/mol. The average Bonchev–Trinajstić information content (AvgIpc) is 3.10. The first-order valence-corrected chi connectivity index (χ1v) is 9.64. The molecule has 0 aromatic carbocycles. The summed E-state index contributed by atoms with van der Waals surface area (Å²) in [6.07, 6.45) is 6.17. The highest BCUT2D eigenvalue weighted by atomic mass is 32.1. The number of amides is 1. The molecule has 23 heavy (non-hydrogen) atoms. The molecule has 0 radical (unpaired) electrons. The SMILES string of the molecule is C[C@@H](NC1CCN(CC(=O)N(C)C)CC1)c1cc2c(s1)CCC2. The maximum atomic E-state index is 11.8. The molecule has 1 aromatic heterocycles. The molecule has 3 rings (SSSR count). The lowest BCUT2D eigenvalue weighted by Gasteiger charge is -2.33. The lowest BCUT2D eigenvalue weighted by Crippen LogP contribution is -2.46. The lowest BCUT2D eigenvalue weighted by atomic mass is 10.0. The highest BCUT2D eigenvalue weighted by Crippen LogP contribution is 2.34. The second kappa shape index (κ2) is 7.32. The standard InChI is InChI=1S/C18H29N3OS/c1-13(17-11-14-5-4-6-16(14)23-17)19-15-7-9-21(10-8-15)12-18(22)20(2)3/h11,13,15,19H,4-10,12H2,1-3H3/t13-/m1/s1. The van der Waals surface area contributed by atoms with E-state index >= 15 is 0 Å². The van der Waals surface area contributed by atoms with Crippen LogP contribution in [0.25, 0.3) is 0 Å². The van der Waals surface area contributed by atoms with E-state index < -0.39 is 0 Å². The van der Waals surface area contributed by atoms with Crippen molar-refractivity contribution >= 4 is 17.2 Å². The summed E-state index contributed by atoms with van der Waals surface area (Å²) in [7, 11) is 3.66. The van der Waals surface area contributed by atoms with E-state index in [2.05, 4.69) is 23.2 Å². The predicted octanol–water partition coefficient (Wildman–Crippen LogP) is 2.44. The molecule has 1 N–H and O–H groups in total. The van der Waals surface area contributed by atoms with Gasteiger partial charge in [0.15, 0.2) is 0 Å². The number of aryl methyl sites for hydroxylation is 2. The molecule has 4 nitrogen and oxygen atoms in total. The maximum absolute atomic E-state index is 11.8. The number of piperidine rings is 1. The van der Waals surface area contributed by atoms with Crippen molar-refractivity contribution in [2.75, 3.05) is 33.7 Å². The fourth-order valence-electron chi connectivity index (χ4n) is 3.59. The van der Waals surface area contributed by atoms with Crippen LogP contribution in [0.15, 0.2) is 6.07 Å².